The number of nitrogens with zero attached hydrogens (tertiary/aromatic N) is 3. The lowest BCUT2D eigenvalue weighted by Gasteiger charge is -2.07. The number of non-ortho nitro benzene ring substituents is 1. The Bertz CT molecular complexity index is 601. The Labute approximate surface area is 102 Å². The van der Waals surface area contributed by atoms with E-state index in [1.54, 1.807) is 6.92 Å². The first kappa shape index (κ1) is 11.8. The van der Waals surface area contributed by atoms with Crippen LogP contribution in [0.1, 0.15) is 5.56 Å². The molecule has 7 nitrogen and oxygen atoms in total. The normalized spacial score (nSPS) is 10.1. The molecule has 1 heterocycles. The van der Waals surface area contributed by atoms with E-state index >= 15 is 0 Å². The van der Waals surface area contributed by atoms with Crippen molar-refractivity contribution < 1.29 is 9.66 Å². The summed E-state index contributed by atoms with van der Waals surface area (Å²) < 4.78 is 5.45. The highest BCUT2D eigenvalue weighted by Crippen LogP contribution is 2.26. The van der Waals surface area contributed by atoms with E-state index in [0.717, 1.165) is 0 Å². The summed E-state index contributed by atoms with van der Waals surface area (Å²) in [6.07, 6.45) is 2.81. The summed E-state index contributed by atoms with van der Waals surface area (Å²) in [5.41, 5.74) is 6.12. The second kappa shape index (κ2) is 4.66. The summed E-state index contributed by atoms with van der Waals surface area (Å²) in [5.74, 6) is 0.958. The first-order valence-corrected chi connectivity index (χ1v) is 5.06. The van der Waals surface area contributed by atoms with E-state index in [-0.39, 0.29) is 17.4 Å². The van der Waals surface area contributed by atoms with Gasteiger partial charge in [-0.15, -0.1) is 0 Å². The molecule has 1 aromatic heterocycles. The third-order valence-corrected chi connectivity index (χ3v) is 2.21. The number of hydrogen-bond acceptors (Lipinski definition) is 6. The van der Waals surface area contributed by atoms with E-state index in [9.17, 15) is 10.1 Å². The van der Waals surface area contributed by atoms with Crippen LogP contribution >= 0.6 is 0 Å². The fraction of sp³-hybridized carbons (Fsp3) is 0.0909. The summed E-state index contributed by atoms with van der Waals surface area (Å²) >= 11 is 0. The number of aryl methyl sites for hydroxylation is 1. The van der Waals surface area contributed by atoms with Gasteiger partial charge in [-0.3, -0.25) is 15.1 Å². The Morgan fingerprint density at radius 3 is 2.78 bits per heavy atom. The average molecular weight is 246 g/mol. The van der Waals surface area contributed by atoms with Gasteiger partial charge >= 0.3 is 0 Å². The van der Waals surface area contributed by atoms with Crippen LogP contribution in [0, 0.1) is 17.0 Å². The van der Waals surface area contributed by atoms with Crippen LogP contribution in [0.2, 0.25) is 0 Å². The Morgan fingerprint density at radius 2 is 2.17 bits per heavy atom. The van der Waals surface area contributed by atoms with Crippen LogP contribution in [-0.4, -0.2) is 14.9 Å². The molecule has 0 saturated carbocycles. The molecule has 0 fully saturated rings. The van der Waals surface area contributed by atoms with E-state index < -0.39 is 4.92 Å². The molecule has 1 aromatic carbocycles. The zero-order valence-electron chi connectivity index (χ0n) is 9.53. The highest BCUT2D eigenvalue weighted by atomic mass is 16.6. The van der Waals surface area contributed by atoms with Gasteiger partial charge in [-0.2, -0.15) is 4.98 Å². The Morgan fingerprint density at radius 1 is 1.39 bits per heavy atom. The number of aromatic nitrogens is 2. The summed E-state index contributed by atoms with van der Waals surface area (Å²) in [6.45, 7) is 1.71. The number of nitro benzene ring substituents is 1. The van der Waals surface area contributed by atoms with Gasteiger partial charge in [0.1, 0.15) is 11.6 Å². The van der Waals surface area contributed by atoms with Gasteiger partial charge in [-0.1, -0.05) is 0 Å². The first-order chi connectivity index (χ1) is 8.56. The zero-order valence-corrected chi connectivity index (χ0v) is 9.53. The molecule has 0 aliphatic carbocycles. The smallest absolute Gasteiger partial charge is 0.269 e. The molecular weight excluding hydrogens is 236 g/mol. The molecule has 0 radical (unpaired) electrons. The summed E-state index contributed by atoms with van der Waals surface area (Å²) in [6, 6.07) is 4.30. The van der Waals surface area contributed by atoms with Gasteiger partial charge in [0, 0.05) is 12.1 Å². The molecule has 0 spiro atoms. The van der Waals surface area contributed by atoms with Crippen LogP contribution in [-0.2, 0) is 0 Å². The van der Waals surface area contributed by atoms with E-state index in [4.69, 9.17) is 10.5 Å². The number of nitrogen functional groups attached to an aromatic ring is 1. The molecule has 7 heteroatoms. The number of nitrogens with two attached hydrogens (primary N) is 1. The third-order valence-electron chi connectivity index (χ3n) is 2.21. The molecule has 2 aromatic rings. The second-order valence-electron chi connectivity index (χ2n) is 3.59. The van der Waals surface area contributed by atoms with Crippen molar-refractivity contribution in [3.63, 3.8) is 0 Å². The third kappa shape index (κ3) is 2.51. The van der Waals surface area contributed by atoms with Gasteiger partial charge < -0.3 is 10.5 Å². The van der Waals surface area contributed by atoms with E-state index in [1.165, 1.54) is 30.6 Å². The monoisotopic (exact) mass is 246 g/mol. The standard InChI is InChI=1S/C11H10N4O3/c1-7-4-8(15(16)17)2-3-9(7)18-11-6-13-5-10(12)14-11/h2-6H,1H3,(H2,12,14). The molecule has 0 unspecified atom stereocenters. The number of ether oxygens (including phenoxy) is 1. The summed E-state index contributed by atoms with van der Waals surface area (Å²) in [5, 5.41) is 10.6. The van der Waals surface area contributed by atoms with Gasteiger partial charge in [-0.25, -0.2) is 0 Å². The van der Waals surface area contributed by atoms with Gasteiger partial charge in [-0.05, 0) is 18.6 Å². The number of benzene rings is 1. The Kier molecular flexibility index (Phi) is 3.05. The molecular formula is C11H10N4O3. The molecule has 18 heavy (non-hydrogen) atoms. The van der Waals surface area contributed by atoms with Gasteiger partial charge in [0.05, 0.1) is 17.3 Å². The lowest BCUT2D eigenvalue weighted by atomic mass is 10.2. The number of hydrogen-bond donors (Lipinski definition) is 1. The molecule has 0 atom stereocenters. The van der Waals surface area contributed by atoms with Crippen LogP contribution in [0.15, 0.2) is 30.6 Å². The predicted octanol–water partition coefficient (Wildman–Crippen LogP) is 2.07. The van der Waals surface area contributed by atoms with Crippen molar-refractivity contribution in [2.45, 2.75) is 6.92 Å². The van der Waals surface area contributed by atoms with Crippen molar-refractivity contribution in [1.29, 1.82) is 0 Å². The van der Waals surface area contributed by atoms with Crippen molar-refractivity contribution in [3.05, 3.63) is 46.3 Å². The molecule has 0 saturated heterocycles. The van der Waals surface area contributed by atoms with E-state index in [2.05, 4.69) is 9.97 Å². The molecule has 0 aliphatic heterocycles. The van der Waals surface area contributed by atoms with Crippen LogP contribution < -0.4 is 10.5 Å². The second-order valence-corrected chi connectivity index (χ2v) is 3.59. The molecule has 0 bridgehead atoms. The Balaban J connectivity index is 2.27. The van der Waals surface area contributed by atoms with Crippen molar-refractivity contribution in [3.8, 4) is 11.6 Å². The van der Waals surface area contributed by atoms with Crippen LogP contribution in [0.5, 0.6) is 11.6 Å². The van der Waals surface area contributed by atoms with Crippen LogP contribution in [0.3, 0.4) is 0 Å². The van der Waals surface area contributed by atoms with Gasteiger partial charge in [0.25, 0.3) is 5.69 Å². The predicted molar refractivity (Wildman–Crippen MR) is 64.4 cm³/mol. The zero-order chi connectivity index (χ0) is 13.1. The first-order valence-electron chi connectivity index (χ1n) is 5.06. The maximum Gasteiger partial charge on any atom is 0.269 e. The summed E-state index contributed by atoms with van der Waals surface area (Å²) in [7, 11) is 0. The van der Waals surface area contributed by atoms with E-state index in [1.807, 2.05) is 0 Å². The minimum Gasteiger partial charge on any atom is -0.437 e. The van der Waals surface area contributed by atoms with Gasteiger partial charge in [0.15, 0.2) is 0 Å². The van der Waals surface area contributed by atoms with Gasteiger partial charge in [0.2, 0.25) is 5.88 Å². The number of nitro groups is 1. The fourth-order valence-corrected chi connectivity index (χ4v) is 1.39. The van der Waals surface area contributed by atoms with Crippen molar-refractivity contribution in [1.82, 2.24) is 9.97 Å². The lowest BCUT2D eigenvalue weighted by molar-refractivity contribution is -0.384. The number of rotatable bonds is 3. The maximum absolute atomic E-state index is 10.6. The average Bonchev–Trinajstić information content (AvgIpc) is 2.31. The minimum absolute atomic E-state index is 0.0125. The summed E-state index contributed by atoms with van der Waals surface area (Å²) in [4.78, 5) is 17.9. The largest absolute Gasteiger partial charge is 0.437 e. The minimum atomic E-state index is -0.461. The number of anilines is 1. The fourth-order valence-electron chi connectivity index (χ4n) is 1.39. The van der Waals surface area contributed by atoms with Crippen molar-refractivity contribution in [2.75, 3.05) is 5.73 Å². The van der Waals surface area contributed by atoms with E-state index in [0.29, 0.717) is 11.3 Å². The molecule has 2 N–H and O–H groups in total. The quantitative estimate of drug-likeness (QED) is 0.656. The van der Waals surface area contributed by atoms with Crippen molar-refractivity contribution >= 4 is 11.5 Å². The maximum atomic E-state index is 10.6. The van der Waals surface area contributed by atoms with Crippen molar-refractivity contribution in [2.24, 2.45) is 0 Å². The topological polar surface area (TPSA) is 104 Å². The lowest BCUT2D eigenvalue weighted by Crippen LogP contribution is -1.96. The van der Waals surface area contributed by atoms with Crippen LogP contribution in [0.4, 0.5) is 11.5 Å². The molecule has 0 aliphatic rings. The molecule has 0 amide bonds. The highest BCUT2D eigenvalue weighted by molar-refractivity contribution is 5.44. The highest BCUT2D eigenvalue weighted by Gasteiger charge is 2.10. The molecule has 92 valence electrons. The SMILES string of the molecule is Cc1cc([N+](=O)[O-])ccc1Oc1cncc(N)n1. The van der Waals surface area contributed by atoms with Crippen LogP contribution in [0.25, 0.3) is 0 Å². The Hall–Kier alpha value is -2.70. The molecule has 2 rings (SSSR count).